The molecule has 0 saturated carbocycles. The number of fused-ring (bicyclic) bond motifs is 1. The average Bonchev–Trinajstić information content (AvgIpc) is 3.18. The third kappa shape index (κ3) is 3.85. The van der Waals surface area contributed by atoms with Crippen LogP contribution in [-0.2, 0) is 19.4 Å². The molecule has 0 amide bonds. The SMILES string of the molecule is C=C(N)Cc1c(Cc2ccccc2)ncn1Cc1ccc2sc(=O)[nH]c2c1. The maximum Gasteiger partial charge on any atom is 0.305 e. The number of hydrogen-bond acceptors (Lipinski definition) is 4. The first-order valence-electron chi connectivity index (χ1n) is 8.70. The molecule has 6 heteroatoms. The van der Waals surface area contributed by atoms with E-state index in [1.54, 1.807) is 0 Å². The van der Waals surface area contributed by atoms with E-state index in [1.807, 2.05) is 42.7 Å². The maximum absolute atomic E-state index is 11.5. The van der Waals surface area contributed by atoms with Crippen molar-refractivity contribution < 1.29 is 0 Å². The number of aromatic nitrogens is 3. The van der Waals surface area contributed by atoms with Crippen LogP contribution in [0.25, 0.3) is 10.2 Å². The van der Waals surface area contributed by atoms with Gasteiger partial charge in [0.15, 0.2) is 0 Å². The molecule has 5 nitrogen and oxygen atoms in total. The number of rotatable bonds is 6. The van der Waals surface area contributed by atoms with Gasteiger partial charge >= 0.3 is 4.87 Å². The minimum absolute atomic E-state index is 0.0324. The minimum Gasteiger partial charge on any atom is -0.402 e. The fraction of sp³-hybridized carbons (Fsp3) is 0.143. The Morgan fingerprint density at radius 2 is 2.00 bits per heavy atom. The summed E-state index contributed by atoms with van der Waals surface area (Å²) in [4.78, 5) is 19.0. The van der Waals surface area contributed by atoms with Crippen LogP contribution in [0, 0.1) is 0 Å². The summed E-state index contributed by atoms with van der Waals surface area (Å²) in [7, 11) is 0. The highest BCUT2D eigenvalue weighted by atomic mass is 32.1. The summed E-state index contributed by atoms with van der Waals surface area (Å²) in [6, 6.07) is 16.3. The van der Waals surface area contributed by atoms with Crippen molar-refractivity contribution in [1.29, 1.82) is 0 Å². The molecule has 136 valence electrons. The number of hydrogen-bond donors (Lipinski definition) is 2. The van der Waals surface area contributed by atoms with Crippen molar-refractivity contribution in [2.75, 3.05) is 0 Å². The zero-order valence-electron chi connectivity index (χ0n) is 14.8. The Hall–Kier alpha value is -3.12. The van der Waals surface area contributed by atoms with Gasteiger partial charge in [-0.25, -0.2) is 4.98 Å². The van der Waals surface area contributed by atoms with Crippen molar-refractivity contribution in [2.45, 2.75) is 19.4 Å². The van der Waals surface area contributed by atoms with Gasteiger partial charge in [0.25, 0.3) is 0 Å². The van der Waals surface area contributed by atoms with Crippen LogP contribution in [0.4, 0.5) is 0 Å². The molecule has 2 aromatic heterocycles. The summed E-state index contributed by atoms with van der Waals surface area (Å²) in [5.41, 5.74) is 11.8. The van der Waals surface area contributed by atoms with E-state index in [9.17, 15) is 4.79 Å². The van der Waals surface area contributed by atoms with E-state index in [4.69, 9.17) is 5.73 Å². The molecule has 0 saturated heterocycles. The van der Waals surface area contributed by atoms with Gasteiger partial charge in [-0.2, -0.15) is 0 Å². The van der Waals surface area contributed by atoms with Gasteiger partial charge in [0, 0.05) is 30.8 Å². The number of nitrogens with one attached hydrogen (secondary N) is 1. The zero-order chi connectivity index (χ0) is 18.8. The van der Waals surface area contributed by atoms with Crippen molar-refractivity contribution in [3.63, 3.8) is 0 Å². The molecule has 2 heterocycles. The number of aromatic amines is 1. The molecule has 0 aliphatic rings. The van der Waals surface area contributed by atoms with Gasteiger partial charge in [0.1, 0.15) is 0 Å². The molecule has 0 fully saturated rings. The molecule has 2 aromatic carbocycles. The number of thiazole rings is 1. The number of benzene rings is 2. The van der Waals surface area contributed by atoms with Gasteiger partial charge in [0.2, 0.25) is 0 Å². The second kappa shape index (κ2) is 7.25. The summed E-state index contributed by atoms with van der Waals surface area (Å²) in [5, 5.41) is 0. The fourth-order valence-corrected chi connectivity index (χ4v) is 3.95. The van der Waals surface area contributed by atoms with Crippen molar-refractivity contribution in [3.8, 4) is 0 Å². The Morgan fingerprint density at radius 1 is 1.19 bits per heavy atom. The highest BCUT2D eigenvalue weighted by Gasteiger charge is 2.13. The molecular weight excluding hydrogens is 356 g/mol. The second-order valence-corrected chi connectivity index (χ2v) is 7.62. The largest absolute Gasteiger partial charge is 0.402 e. The van der Waals surface area contributed by atoms with E-state index < -0.39 is 0 Å². The zero-order valence-corrected chi connectivity index (χ0v) is 15.6. The Kier molecular flexibility index (Phi) is 4.64. The molecule has 0 radical (unpaired) electrons. The van der Waals surface area contributed by atoms with Crippen LogP contribution in [0.5, 0.6) is 0 Å². The molecule has 4 rings (SSSR count). The Balaban J connectivity index is 1.66. The maximum atomic E-state index is 11.5. The van der Waals surface area contributed by atoms with Crippen LogP contribution in [0.3, 0.4) is 0 Å². The summed E-state index contributed by atoms with van der Waals surface area (Å²) >= 11 is 1.23. The summed E-state index contributed by atoms with van der Waals surface area (Å²) in [6.45, 7) is 4.53. The van der Waals surface area contributed by atoms with Gasteiger partial charge in [-0.15, -0.1) is 0 Å². The van der Waals surface area contributed by atoms with Crippen LogP contribution < -0.4 is 10.6 Å². The molecule has 0 aliphatic carbocycles. The smallest absolute Gasteiger partial charge is 0.305 e. The first-order chi connectivity index (χ1) is 13.1. The van der Waals surface area contributed by atoms with Gasteiger partial charge in [-0.1, -0.05) is 54.3 Å². The van der Waals surface area contributed by atoms with Crippen LogP contribution in [0.15, 0.2) is 71.9 Å². The predicted molar refractivity (Wildman–Crippen MR) is 110 cm³/mol. The highest BCUT2D eigenvalue weighted by Crippen LogP contribution is 2.20. The van der Waals surface area contributed by atoms with Crippen LogP contribution in [0.2, 0.25) is 0 Å². The van der Waals surface area contributed by atoms with Crippen LogP contribution >= 0.6 is 11.3 Å². The number of H-pyrrole nitrogens is 1. The summed E-state index contributed by atoms with van der Waals surface area (Å²) in [5.74, 6) is 0. The third-order valence-corrected chi connectivity index (χ3v) is 5.34. The number of nitrogens with zero attached hydrogens (tertiary/aromatic N) is 2. The van der Waals surface area contributed by atoms with Crippen molar-refractivity contribution in [2.24, 2.45) is 5.73 Å². The summed E-state index contributed by atoms with van der Waals surface area (Å²) < 4.78 is 3.08. The lowest BCUT2D eigenvalue weighted by atomic mass is 10.1. The Bertz CT molecular complexity index is 1150. The molecular formula is C21H20N4OS. The standard InChI is InChI=1S/C21H20N4OS/c1-14(22)9-19-17(10-15-5-3-2-4-6-15)23-13-25(19)12-16-7-8-20-18(11-16)24-21(26)27-20/h2-8,11,13H,1,9-10,12,22H2,(H,24,26). The second-order valence-electron chi connectivity index (χ2n) is 6.61. The van der Waals surface area contributed by atoms with E-state index in [2.05, 4.69) is 33.2 Å². The molecule has 0 bridgehead atoms. The predicted octanol–water partition coefficient (Wildman–Crippen LogP) is 3.44. The van der Waals surface area contributed by atoms with Crippen molar-refractivity contribution in [1.82, 2.24) is 14.5 Å². The first kappa shape index (κ1) is 17.3. The van der Waals surface area contributed by atoms with E-state index in [1.165, 1.54) is 16.9 Å². The van der Waals surface area contributed by atoms with Gasteiger partial charge in [-0.05, 0) is 23.3 Å². The molecule has 4 aromatic rings. The van der Waals surface area contributed by atoms with Crippen LogP contribution in [-0.4, -0.2) is 14.5 Å². The van der Waals surface area contributed by atoms with E-state index in [0.717, 1.165) is 33.6 Å². The van der Waals surface area contributed by atoms with Gasteiger partial charge in [-0.3, -0.25) is 4.79 Å². The molecule has 3 N–H and O–H groups in total. The van der Waals surface area contributed by atoms with Gasteiger partial charge in [0.05, 0.1) is 22.2 Å². The molecule has 0 unspecified atom stereocenters. The normalized spacial score (nSPS) is 11.1. The Morgan fingerprint density at radius 3 is 2.78 bits per heavy atom. The topological polar surface area (TPSA) is 76.7 Å². The van der Waals surface area contributed by atoms with Crippen molar-refractivity contribution >= 4 is 21.6 Å². The minimum atomic E-state index is -0.0324. The monoisotopic (exact) mass is 376 g/mol. The molecule has 27 heavy (non-hydrogen) atoms. The molecule has 0 spiro atoms. The lowest BCUT2D eigenvalue weighted by molar-refractivity contribution is 0.746. The van der Waals surface area contributed by atoms with E-state index >= 15 is 0 Å². The molecule has 0 atom stereocenters. The number of imidazole rings is 1. The quantitative estimate of drug-likeness (QED) is 0.541. The average molecular weight is 376 g/mol. The first-order valence-corrected chi connectivity index (χ1v) is 9.52. The summed E-state index contributed by atoms with van der Waals surface area (Å²) in [6.07, 6.45) is 3.20. The van der Waals surface area contributed by atoms with Crippen LogP contribution in [0.1, 0.15) is 22.5 Å². The lowest BCUT2D eigenvalue weighted by Crippen LogP contribution is -2.09. The van der Waals surface area contributed by atoms with E-state index in [-0.39, 0.29) is 4.87 Å². The van der Waals surface area contributed by atoms with Crippen molar-refractivity contribution in [3.05, 3.63) is 99.3 Å². The Labute approximate surface area is 160 Å². The number of nitrogens with two attached hydrogens (primary N) is 1. The molecule has 0 aliphatic heterocycles. The lowest BCUT2D eigenvalue weighted by Gasteiger charge is -2.11. The number of allylic oxidation sites excluding steroid dienone is 1. The van der Waals surface area contributed by atoms with Gasteiger partial charge < -0.3 is 15.3 Å². The van der Waals surface area contributed by atoms with E-state index in [0.29, 0.717) is 18.7 Å². The third-order valence-electron chi connectivity index (χ3n) is 4.48. The fourth-order valence-electron chi connectivity index (χ4n) is 3.24. The highest BCUT2D eigenvalue weighted by molar-refractivity contribution is 7.16.